The number of carbonyl (C=O) groups excluding carboxylic acids is 1. The number of rotatable bonds is 5. The van der Waals surface area contributed by atoms with Crippen LogP contribution in [0.3, 0.4) is 0 Å². The van der Waals surface area contributed by atoms with Gasteiger partial charge in [0.25, 0.3) is 0 Å². The highest BCUT2D eigenvalue weighted by atomic mass is 16.1. The Morgan fingerprint density at radius 2 is 2.12 bits per heavy atom. The van der Waals surface area contributed by atoms with Gasteiger partial charge in [0.05, 0.1) is 23.4 Å². The summed E-state index contributed by atoms with van der Waals surface area (Å²) in [6.45, 7) is 7.53. The third kappa shape index (κ3) is 4.00. The van der Waals surface area contributed by atoms with Crippen molar-refractivity contribution in [1.82, 2.24) is 19.5 Å². The van der Waals surface area contributed by atoms with Crippen LogP contribution in [-0.4, -0.2) is 31.5 Å². The lowest BCUT2D eigenvalue weighted by molar-refractivity contribution is -0.111. The summed E-state index contributed by atoms with van der Waals surface area (Å²) >= 11 is 0. The van der Waals surface area contributed by atoms with E-state index in [4.69, 9.17) is 0 Å². The van der Waals surface area contributed by atoms with Crippen LogP contribution in [-0.2, 0) is 4.79 Å². The Balaban J connectivity index is 0.00000225. The van der Waals surface area contributed by atoms with Crippen LogP contribution < -0.4 is 10.6 Å². The zero-order valence-electron chi connectivity index (χ0n) is 13.5. The topological polar surface area (TPSA) is 84.7 Å². The van der Waals surface area contributed by atoms with E-state index < -0.39 is 0 Å². The van der Waals surface area contributed by atoms with Gasteiger partial charge in [-0.15, -0.1) is 0 Å². The van der Waals surface area contributed by atoms with Crippen molar-refractivity contribution in [3.8, 4) is 5.82 Å². The molecule has 7 nitrogen and oxygen atoms in total. The van der Waals surface area contributed by atoms with Gasteiger partial charge in [-0.1, -0.05) is 14.0 Å². The predicted octanol–water partition coefficient (Wildman–Crippen LogP) is 3.40. The van der Waals surface area contributed by atoms with Gasteiger partial charge in [-0.2, -0.15) is 0 Å². The number of hydrogen-bond acceptors (Lipinski definition) is 5. The maximum atomic E-state index is 11.5. The maximum absolute atomic E-state index is 11.5. The smallest absolute Gasteiger partial charge is 0.247 e. The van der Waals surface area contributed by atoms with E-state index in [1.54, 1.807) is 24.8 Å². The molecule has 25 heavy (non-hydrogen) atoms. The maximum Gasteiger partial charge on any atom is 0.247 e. The third-order valence-electron chi connectivity index (χ3n) is 3.31. The van der Waals surface area contributed by atoms with E-state index in [0.29, 0.717) is 17.3 Å². The highest BCUT2D eigenvalue weighted by Crippen LogP contribution is 2.21. The average molecular weight is 338 g/mol. The largest absolute Gasteiger partial charge is 0.367 e. The number of fused-ring (bicyclic) bond motifs is 1. The van der Waals surface area contributed by atoms with E-state index in [9.17, 15) is 4.79 Å². The van der Waals surface area contributed by atoms with Crippen molar-refractivity contribution in [2.45, 2.75) is 27.3 Å². The SMILES string of the molecule is C.C=CC(=O)Nc1ccc2ncn(-c3cncc(NC(C)C)n3)c2c1. The molecule has 0 atom stereocenters. The van der Waals surface area contributed by atoms with E-state index in [2.05, 4.69) is 32.2 Å². The molecule has 0 aliphatic rings. The lowest BCUT2D eigenvalue weighted by Crippen LogP contribution is -2.12. The molecule has 0 spiro atoms. The molecular formula is C18H22N6O. The summed E-state index contributed by atoms with van der Waals surface area (Å²) in [6.07, 6.45) is 6.26. The standard InChI is InChI=1S/C17H18N6O.CH4/c1-4-17(24)21-12-5-6-13-14(7-12)23(10-19-13)16-9-18-8-15(22-16)20-11(2)3;/h4-11H,1H2,2-3H3,(H,20,22)(H,21,24);1H4. The number of benzene rings is 1. The minimum absolute atomic E-state index is 0. The summed E-state index contributed by atoms with van der Waals surface area (Å²) in [6, 6.07) is 5.74. The Bertz CT molecular complexity index is 899. The van der Waals surface area contributed by atoms with Crippen LogP contribution in [0.4, 0.5) is 11.5 Å². The molecule has 0 bridgehead atoms. The summed E-state index contributed by atoms with van der Waals surface area (Å²) in [4.78, 5) is 24.6. The molecule has 0 saturated heterocycles. The third-order valence-corrected chi connectivity index (χ3v) is 3.31. The van der Waals surface area contributed by atoms with E-state index in [-0.39, 0.29) is 19.4 Å². The second-order valence-corrected chi connectivity index (χ2v) is 5.57. The van der Waals surface area contributed by atoms with Gasteiger partial charge < -0.3 is 10.6 Å². The second kappa shape index (κ2) is 7.57. The summed E-state index contributed by atoms with van der Waals surface area (Å²) in [7, 11) is 0. The van der Waals surface area contributed by atoms with E-state index in [1.807, 2.05) is 30.5 Å². The first-order valence-electron chi connectivity index (χ1n) is 7.56. The quantitative estimate of drug-likeness (QED) is 0.697. The van der Waals surface area contributed by atoms with Gasteiger partial charge in [-0.25, -0.2) is 9.97 Å². The Morgan fingerprint density at radius 3 is 2.84 bits per heavy atom. The lowest BCUT2D eigenvalue weighted by atomic mass is 10.2. The van der Waals surface area contributed by atoms with Crippen molar-refractivity contribution in [2.75, 3.05) is 10.6 Å². The van der Waals surface area contributed by atoms with Gasteiger partial charge in [0.1, 0.15) is 12.1 Å². The van der Waals surface area contributed by atoms with E-state index in [0.717, 1.165) is 11.0 Å². The van der Waals surface area contributed by atoms with Crippen LogP contribution in [0, 0.1) is 0 Å². The Hall–Kier alpha value is -3.22. The highest BCUT2D eigenvalue weighted by Gasteiger charge is 2.09. The molecule has 130 valence electrons. The lowest BCUT2D eigenvalue weighted by Gasteiger charge is -2.10. The van der Waals surface area contributed by atoms with E-state index in [1.165, 1.54) is 6.08 Å². The first-order chi connectivity index (χ1) is 11.6. The molecule has 0 saturated carbocycles. The fraction of sp³-hybridized carbons (Fsp3) is 0.222. The van der Waals surface area contributed by atoms with Crippen molar-refractivity contribution < 1.29 is 4.79 Å². The Kier molecular flexibility index (Phi) is 5.49. The number of nitrogens with zero attached hydrogens (tertiary/aromatic N) is 4. The minimum atomic E-state index is -0.261. The minimum Gasteiger partial charge on any atom is -0.367 e. The van der Waals surface area contributed by atoms with Crippen molar-refractivity contribution >= 4 is 28.4 Å². The van der Waals surface area contributed by atoms with Crippen LogP contribution in [0.25, 0.3) is 16.9 Å². The van der Waals surface area contributed by atoms with Gasteiger partial charge in [0, 0.05) is 11.7 Å². The molecule has 0 aliphatic heterocycles. The Morgan fingerprint density at radius 1 is 1.32 bits per heavy atom. The number of anilines is 2. The molecular weight excluding hydrogens is 316 g/mol. The molecule has 0 aliphatic carbocycles. The normalized spacial score (nSPS) is 10.4. The molecule has 1 amide bonds. The zero-order valence-corrected chi connectivity index (χ0v) is 13.5. The molecule has 2 heterocycles. The molecule has 0 unspecified atom stereocenters. The molecule has 1 aromatic carbocycles. The highest BCUT2D eigenvalue weighted by molar-refractivity contribution is 6.00. The molecule has 3 rings (SSSR count). The summed E-state index contributed by atoms with van der Waals surface area (Å²) in [5.74, 6) is 1.08. The number of carbonyl (C=O) groups is 1. The Labute approximate surface area is 146 Å². The monoisotopic (exact) mass is 338 g/mol. The molecule has 2 N–H and O–H groups in total. The fourth-order valence-electron chi connectivity index (χ4n) is 2.30. The van der Waals surface area contributed by atoms with Gasteiger partial charge in [0.2, 0.25) is 5.91 Å². The first-order valence-corrected chi connectivity index (χ1v) is 7.56. The van der Waals surface area contributed by atoms with Gasteiger partial charge in [-0.05, 0) is 38.1 Å². The van der Waals surface area contributed by atoms with Crippen LogP contribution in [0.2, 0.25) is 0 Å². The number of amides is 1. The molecule has 7 heteroatoms. The predicted molar refractivity (Wildman–Crippen MR) is 101 cm³/mol. The second-order valence-electron chi connectivity index (χ2n) is 5.57. The number of hydrogen-bond donors (Lipinski definition) is 2. The molecule has 0 radical (unpaired) electrons. The number of nitrogens with one attached hydrogen (secondary N) is 2. The van der Waals surface area contributed by atoms with Crippen molar-refractivity contribution in [3.63, 3.8) is 0 Å². The van der Waals surface area contributed by atoms with Crippen LogP contribution in [0.15, 0.2) is 49.6 Å². The van der Waals surface area contributed by atoms with Gasteiger partial charge >= 0.3 is 0 Å². The summed E-state index contributed by atoms with van der Waals surface area (Å²) in [5.41, 5.74) is 2.29. The van der Waals surface area contributed by atoms with Crippen molar-refractivity contribution in [1.29, 1.82) is 0 Å². The van der Waals surface area contributed by atoms with Gasteiger partial charge in [0.15, 0.2) is 5.82 Å². The fourth-order valence-corrected chi connectivity index (χ4v) is 2.30. The zero-order chi connectivity index (χ0) is 17.1. The first kappa shape index (κ1) is 18.1. The summed E-state index contributed by atoms with van der Waals surface area (Å²) < 4.78 is 1.83. The van der Waals surface area contributed by atoms with E-state index >= 15 is 0 Å². The van der Waals surface area contributed by atoms with Crippen LogP contribution >= 0.6 is 0 Å². The van der Waals surface area contributed by atoms with Crippen molar-refractivity contribution in [3.05, 3.63) is 49.6 Å². The van der Waals surface area contributed by atoms with Gasteiger partial charge in [-0.3, -0.25) is 14.3 Å². The molecule has 2 aromatic heterocycles. The number of imidazole rings is 1. The molecule has 3 aromatic rings. The number of aromatic nitrogens is 4. The summed E-state index contributed by atoms with van der Waals surface area (Å²) in [5, 5.41) is 5.97. The van der Waals surface area contributed by atoms with Crippen LogP contribution in [0.5, 0.6) is 0 Å². The average Bonchev–Trinajstić information content (AvgIpc) is 2.97. The van der Waals surface area contributed by atoms with Crippen molar-refractivity contribution in [2.24, 2.45) is 0 Å². The molecule has 0 fully saturated rings. The van der Waals surface area contributed by atoms with Crippen LogP contribution in [0.1, 0.15) is 21.3 Å².